The first-order chi connectivity index (χ1) is 8.63. The third-order valence-electron chi connectivity index (χ3n) is 3.22. The van der Waals surface area contributed by atoms with Crippen molar-refractivity contribution in [2.45, 2.75) is 32.7 Å². The maximum atomic E-state index is 10.1. The molecule has 0 aliphatic rings. The topological polar surface area (TPSA) is 49.5 Å². The fourth-order valence-corrected chi connectivity index (χ4v) is 2.08. The predicted octanol–water partition coefficient (Wildman–Crippen LogP) is 3.63. The van der Waals surface area contributed by atoms with Crippen LogP contribution in [0.5, 0.6) is 5.75 Å². The van der Waals surface area contributed by atoms with Crippen LogP contribution in [-0.4, -0.2) is 18.2 Å². The lowest BCUT2D eigenvalue weighted by Crippen LogP contribution is -2.21. The van der Waals surface area contributed by atoms with Crippen molar-refractivity contribution in [3.63, 3.8) is 0 Å². The van der Waals surface area contributed by atoms with Crippen LogP contribution in [0.4, 0.5) is 5.69 Å². The molecule has 0 aromatic heterocycles. The first kappa shape index (κ1) is 17.8. The van der Waals surface area contributed by atoms with Crippen molar-refractivity contribution in [1.82, 2.24) is 0 Å². The number of hydrogen-bond donors (Lipinski definition) is 2. The monoisotopic (exact) mass is 284 g/mol. The van der Waals surface area contributed by atoms with Gasteiger partial charge in [-0.2, -0.15) is 0 Å². The Bertz CT molecular complexity index is 392. The van der Waals surface area contributed by atoms with Crippen LogP contribution in [0.1, 0.15) is 38.3 Å². The van der Waals surface area contributed by atoms with Crippen LogP contribution in [0.25, 0.3) is 0 Å². The average molecular weight is 285 g/mol. The van der Waals surface area contributed by atoms with Crippen molar-refractivity contribution in [2.75, 3.05) is 18.0 Å². The lowest BCUT2D eigenvalue weighted by atomic mass is 10.0. The van der Waals surface area contributed by atoms with E-state index in [1.165, 1.54) is 0 Å². The van der Waals surface area contributed by atoms with E-state index in [9.17, 15) is 5.11 Å². The van der Waals surface area contributed by atoms with E-state index in [4.69, 9.17) is 5.73 Å². The SMILES string of the molecule is C=CCC[C@H](N)c1ccc(N(CC)CC)cc1O.Cl. The summed E-state index contributed by atoms with van der Waals surface area (Å²) in [6.45, 7) is 9.74. The Morgan fingerprint density at radius 2 is 2.00 bits per heavy atom. The summed E-state index contributed by atoms with van der Waals surface area (Å²) in [5, 5.41) is 10.1. The van der Waals surface area contributed by atoms with Gasteiger partial charge in [0, 0.05) is 36.4 Å². The molecule has 3 nitrogen and oxygen atoms in total. The molecule has 1 rings (SSSR count). The molecule has 0 spiro atoms. The van der Waals surface area contributed by atoms with Crippen molar-refractivity contribution in [3.8, 4) is 5.75 Å². The molecule has 0 saturated heterocycles. The maximum Gasteiger partial charge on any atom is 0.122 e. The fourth-order valence-electron chi connectivity index (χ4n) is 2.08. The normalized spacial score (nSPS) is 11.5. The van der Waals surface area contributed by atoms with Gasteiger partial charge in [0.1, 0.15) is 5.75 Å². The van der Waals surface area contributed by atoms with Gasteiger partial charge in [-0.05, 0) is 32.8 Å². The van der Waals surface area contributed by atoms with Crippen LogP contribution < -0.4 is 10.6 Å². The number of phenolic OH excluding ortho intramolecular Hbond substituents is 1. The molecule has 0 fully saturated rings. The summed E-state index contributed by atoms with van der Waals surface area (Å²) in [5.74, 6) is 0.288. The molecule has 0 aliphatic carbocycles. The lowest BCUT2D eigenvalue weighted by Gasteiger charge is -2.22. The first-order valence-corrected chi connectivity index (χ1v) is 6.58. The van der Waals surface area contributed by atoms with Gasteiger partial charge in [-0.15, -0.1) is 19.0 Å². The number of anilines is 1. The number of allylic oxidation sites excluding steroid dienone is 1. The van der Waals surface area contributed by atoms with Crippen molar-refractivity contribution in [1.29, 1.82) is 0 Å². The van der Waals surface area contributed by atoms with Gasteiger partial charge in [0.15, 0.2) is 0 Å². The van der Waals surface area contributed by atoms with Gasteiger partial charge >= 0.3 is 0 Å². The Labute approximate surface area is 122 Å². The van der Waals surface area contributed by atoms with Gasteiger partial charge in [0.2, 0.25) is 0 Å². The largest absolute Gasteiger partial charge is 0.508 e. The Morgan fingerprint density at radius 1 is 1.37 bits per heavy atom. The highest BCUT2D eigenvalue weighted by Gasteiger charge is 2.12. The van der Waals surface area contributed by atoms with Gasteiger partial charge in [-0.25, -0.2) is 0 Å². The van der Waals surface area contributed by atoms with E-state index in [0.717, 1.165) is 37.2 Å². The Kier molecular flexibility index (Phi) is 8.28. The minimum absolute atomic E-state index is 0. The number of rotatable bonds is 7. The van der Waals surface area contributed by atoms with E-state index in [1.54, 1.807) is 6.07 Å². The minimum Gasteiger partial charge on any atom is -0.508 e. The second-order valence-corrected chi connectivity index (χ2v) is 4.39. The number of aromatic hydroxyl groups is 1. The van der Waals surface area contributed by atoms with Gasteiger partial charge < -0.3 is 15.7 Å². The molecule has 1 aromatic carbocycles. The summed E-state index contributed by atoms with van der Waals surface area (Å²) in [6, 6.07) is 5.62. The minimum atomic E-state index is -0.131. The smallest absolute Gasteiger partial charge is 0.122 e. The molecule has 0 bridgehead atoms. The van der Waals surface area contributed by atoms with Crippen molar-refractivity contribution < 1.29 is 5.11 Å². The summed E-state index contributed by atoms with van der Waals surface area (Å²) in [4.78, 5) is 2.19. The third-order valence-corrected chi connectivity index (χ3v) is 3.22. The van der Waals surface area contributed by atoms with Crippen molar-refractivity contribution in [3.05, 3.63) is 36.4 Å². The summed E-state index contributed by atoms with van der Waals surface area (Å²) in [5.41, 5.74) is 7.90. The zero-order chi connectivity index (χ0) is 13.5. The highest BCUT2D eigenvalue weighted by Crippen LogP contribution is 2.30. The third kappa shape index (κ3) is 4.77. The molecule has 108 valence electrons. The molecule has 0 saturated carbocycles. The van der Waals surface area contributed by atoms with Gasteiger partial charge in [0.05, 0.1) is 0 Å². The van der Waals surface area contributed by atoms with Crippen LogP contribution >= 0.6 is 12.4 Å². The van der Waals surface area contributed by atoms with Crippen LogP contribution in [-0.2, 0) is 0 Å². The molecule has 4 heteroatoms. The molecule has 0 heterocycles. The molecule has 1 atom stereocenters. The predicted molar refractivity (Wildman–Crippen MR) is 85.3 cm³/mol. The quantitative estimate of drug-likeness (QED) is 0.752. The molecule has 0 unspecified atom stereocenters. The van der Waals surface area contributed by atoms with Gasteiger partial charge in [0.25, 0.3) is 0 Å². The zero-order valence-corrected chi connectivity index (χ0v) is 12.6. The molecule has 3 N–H and O–H groups in total. The number of halogens is 1. The van der Waals surface area contributed by atoms with E-state index in [0.29, 0.717) is 0 Å². The Balaban J connectivity index is 0.00000324. The molecule has 19 heavy (non-hydrogen) atoms. The maximum absolute atomic E-state index is 10.1. The summed E-state index contributed by atoms with van der Waals surface area (Å²) in [6.07, 6.45) is 3.52. The number of hydrogen-bond acceptors (Lipinski definition) is 3. The summed E-state index contributed by atoms with van der Waals surface area (Å²) < 4.78 is 0. The fraction of sp³-hybridized carbons (Fsp3) is 0.467. The molecular formula is C15H25ClN2O. The number of phenols is 1. The molecule has 1 aromatic rings. The Morgan fingerprint density at radius 3 is 2.47 bits per heavy atom. The van der Waals surface area contributed by atoms with Crippen molar-refractivity contribution in [2.24, 2.45) is 5.73 Å². The van der Waals surface area contributed by atoms with E-state index >= 15 is 0 Å². The molecule has 0 amide bonds. The average Bonchev–Trinajstić information content (AvgIpc) is 2.37. The summed E-state index contributed by atoms with van der Waals surface area (Å²) in [7, 11) is 0. The van der Waals surface area contributed by atoms with Crippen LogP contribution in [0.15, 0.2) is 30.9 Å². The van der Waals surface area contributed by atoms with E-state index in [1.807, 2.05) is 18.2 Å². The molecular weight excluding hydrogens is 260 g/mol. The zero-order valence-electron chi connectivity index (χ0n) is 11.8. The second kappa shape index (κ2) is 8.83. The van der Waals surface area contributed by atoms with Crippen LogP contribution in [0, 0.1) is 0 Å². The van der Waals surface area contributed by atoms with E-state index in [2.05, 4.69) is 25.3 Å². The van der Waals surface area contributed by atoms with Gasteiger partial charge in [-0.3, -0.25) is 0 Å². The summed E-state index contributed by atoms with van der Waals surface area (Å²) >= 11 is 0. The lowest BCUT2D eigenvalue weighted by molar-refractivity contribution is 0.459. The van der Waals surface area contributed by atoms with Crippen LogP contribution in [0.2, 0.25) is 0 Å². The highest BCUT2D eigenvalue weighted by molar-refractivity contribution is 5.85. The highest BCUT2D eigenvalue weighted by atomic mass is 35.5. The number of benzene rings is 1. The van der Waals surface area contributed by atoms with Crippen LogP contribution in [0.3, 0.4) is 0 Å². The first-order valence-electron chi connectivity index (χ1n) is 6.58. The second-order valence-electron chi connectivity index (χ2n) is 4.39. The number of nitrogens with two attached hydrogens (primary N) is 1. The van der Waals surface area contributed by atoms with E-state index < -0.39 is 0 Å². The van der Waals surface area contributed by atoms with Gasteiger partial charge in [-0.1, -0.05) is 12.1 Å². The standard InChI is InChI=1S/C15H24N2O.ClH/c1-4-7-8-14(16)13-10-9-12(11-15(13)18)17(5-2)6-3;/h4,9-11,14,18H,1,5-8,16H2,2-3H3;1H/t14-;/m0./s1. The van der Waals surface area contributed by atoms with E-state index in [-0.39, 0.29) is 24.2 Å². The number of nitrogens with zero attached hydrogens (tertiary/aromatic N) is 1. The Hall–Kier alpha value is -1.19. The van der Waals surface area contributed by atoms with Crippen molar-refractivity contribution >= 4 is 18.1 Å². The molecule has 0 aliphatic heterocycles. The molecule has 0 radical (unpaired) electrons.